The van der Waals surface area contributed by atoms with Gasteiger partial charge in [-0.25, -0.2) is 0 Å². The van der Waals surface area contributed by atoms with Crippen molar-refractivity contribution in [1.82, 2.24) is 5.32 Å². The third kappa shape index (κ3) is 1.93. The molecule has 2 aliphatic rings. The summed E-state index contributed by atoms with van der Waals surface area (Å²) in [6.07, 6.45) is 3.44. The Bertz CT molecular complexity index is 263. The highest BCUT2D eigenvalue weighted by Crippen LogP contribution is 2.51. The molecule has 0 bridgehead atoms. The number of aliphatic hydroxyl groups is 1. The molecule has 1 aliphatic carbocycles. The molecule has 0 spiro atoms. The molecule has 1 saturated carbocycles. The summed E-state index contributed by atoms with van der Waals surface area (Å²) in [5, 5.41) is 14.3. The first kappa shape index (κ1) is 11.4. The first-order valence-electron chi connectivity index (χ1n) is 5.88. The maximum atomic E-state index is 10.8. The van der Waals surface area contributed by atoms with E-state index in [0.29, 0.717) is 0 Å². The van der Waals surface area contributed by atoms with Crippen LogP contribution in [0.2, 0.25) is 0 Å². The van der Waals surface area contributed by atoms with E-state index in [9.17, 15) is 5.11 Å². The molecule has 2 fully saturated rings. The predicted molar refractivity (Wildman–Crippen MR) is 61.6 cm³/mol. The molecular formula is C12H24N2O. The summed E-state index contributed by atoms with van der Waals surface area (Å²) in [5.74, 6) is 0. The Labute approximate surface area is 92.4 Å². The van der Waals surface area contributed by atoms with Crippen molar-refractivity contribution in [1.29, 1.82) is 0 Å². The van der Waals surface area contributed by atoms with E-state index in [1.165, 1.54) is 0 Å². The molecule has 0 aromatic rings. The van der Waals surface area contributed by atoms with Crippen LogP contribution in [-0.4, -0.2) is 27.3 Å². The van der Waals surface area contributed by atoms with Crippen molar-refractivity contribution in [3.63, 3.8) is 0 Å². The summed E-state index contributed by atoms with van der Waals surface area (Å²) >= 11 is 0. The highest BCUT2D eigenvalue weighted by molar-refractivity contribution is 5.20. The van der Waals surface area contributed by atoms with Gasteiger partial charge >= 0.3 is 0 Å². The van der Waals surface area contributed by atoms with E-state index >= 15 is 0 Å². The summed E-state index contributed by atoms with van der Waals surface area (Å²) in [7, 11) is 0. The van der Waals surface area contributed by atoms with Crippen molar-refractivity contribution < 1.29 is 5.11 Å². The summed E-state index contributed by atoms with van der Waals surface area (Å²) in [6, 6.07) is 0. The standard InChI is InChI=1S/C12H24N2O/c1-9(2)7-12(15,11(13)5-6-11)8-10(3,4)14-9/h14-15H,5-8,13H2,1-4H3. The van der Waals surface area contributed by atoms with Crippen LogP contribution >= 0.6 is 0 Å². The van der Waals surface area contributed by atoms with Crippen molar-refractivity contribution in [2.75, 3.05) is 0 Å². The van der Waals surface area contributed by atoms with Gasteiger partial charge < -0.3 is 16.2 Å². The van der Waals surface area contributed by atoms with Crippen LogP contribution in [-0.2, 0) is 0 Å². The fourth-order valence-corrected chi connectivity index (χ4v) is 3.48. The zero-order valence-corrected chi connectivity index (χ0v) is 10.4. The maximum Gasteiger partial charge on any atom is 0.0860 e. The average molecular weight is 212 g/mol. The minimum Gasteiger partial charge on any atom is -0.388 e. The number of hydrogen-bond donors (Lipinski definition) is 3. The fourth-order valence-electron chi connectivity index (χ4n) is 3.48. The van der Waals surface area contributed by atoms with Gasteiger partial charge in [0.05, 0.1) is 5.60 Å². The number of nitrogens with one attached hydrogen (secondary N) is 1. The molecule has 1 aliphatic heterocycles. The molecule has 1 heterocycles. The van der Waals surface area contributed by atoms with E-state index in [-0.39, 0.29) is 16.6 Å². The molecule has 1 saturated heterocycles. The predicted octanol–water partition coefficient (Wildman–Crippen LogP) is 1.15. The topological polar surface area (TPSA) is 58.3 Å². The third-order valence-electron chi connectivity index (χ3n) is 3.86. The minimum absolute atomic E-state index is 0.0362. The molecule has 0 amide bonds. The molecule has 0 aromatic carbocycles. The molecule has 0 atom stereocenters. The molecule has 3 heteroatoms. The van der Waals surface area contributed by atoms with E-state index in [4.69, 9.17) is 5.73 Å². The van der Waals surface area contributed by atoms with Crippen LogP contribution in [0.25, 0.3) is 0 Å². The molecule has 15 heavy (non-hydrogen) atoms. The van der Waals surface area contributed by atoms with E-state index in [1.807, 2.05) is 0 Å². The van der Waals surface area contributed by atoms with Crippen LogP contribution in [0.1, 0.15) is 53.4 Å². The largest absolute Gasteiger partial charge is 0.388 e. The van der Waals surface area contributed by atoms with E-state index < -0.39 is 5.60 Å². The van der Waals surface area contributed by atoms with Crippen LogP contribution in [0.3, 0.4) is 0 Å². The highest BCUT2D eigenvalue weighted by atomic mass is 16.3. The minimum atomic E-state index is -0.689. The fraction of sp³-hybridized carbons (Fsp3) is 1.00. The monoisotopic (exact) mass is 212 g/mol. The molecule has 0 unspecified atom stereocenters. The summed E-state index contributed by atoms with van der Waals surface area (Å²) in [6.45, 7) is 8.57. The normalized spacial score (nSPS) is 34.8. The van der Waals surface area contributed by atoms with Gasteiger partial charge in [-0.2, -0.15) is 0 Å². The molecule has 4 N–H and O–H groups in total. The van der Waals surface area contributed by atoms with Crippen LogP contribution in [0.4, 0.5) is 0 Å². The van der Waals surface area contributed by atoms with Crippen LogP contribution < -0.4 is 11.1 Å². The van der Waals surface area contributed by atoms with Crippen molar-refractivity contribution in [2.24, 2.45) is 5.73 Å². The smallest absolute Gasteiger partial charge is 0.0860 e. The van der Waals surface area contributed by atoms with Gasteiger partial charge in [-0.3, -0.25) is 0 Å². The zero-order valence-electron chi connectivity index (χ0n) is 10.4. The van der Waals surface area contributed by atoms with E-state index in [0.717, 1.165) is 25.7 Å². The summed E-state index contributed by atoms with van der Waals surface area (Å²) in [5.41, 5.74) is 5.14. The second kappa shape index (κ2) is 2.76. The van der Waals surface area contributed by atoms with E-state index in [2.05, 4.69) is 33.0 Å². The molecule has 0 radical (unpaired) electrons. The quantitative estimate of drug-likeness (QED) is 0.611. The maximum absolute atomic E-state index is 10.8. The summed E-state index contributed by atoms with van der Waals surface area (Å²) in [4.78, 5) is 0. The number of piperidine rings is 1. The van der Waals surface area contributed by atoms with Crippen molar-refractivity contribution in [2.45, 2.75) is 75.6 Å². The third-order valence-corrected chi connectivity index (χ3v) is 3.86. The number of rotatable bonds is 1. The van der Waals surface area contributed by atoms with Gasteiger partial charge in [0.2, 0.25) is 0 Å². The molecule has 2 rings (SSSR count). The van der Waals surface area contributed by atoms with Crippen molar-refractivity contribution in [3.8, 4) is 0 Å². The first-order valence-corrected chi connectivity index (χ1v) is 5.88. The van der Waals surface area contributed by atoms with Crippen molar-refractivity contribution in [3.05, 3.63) is 0 Å². The molecule has 88 valence electrons. The number of hydrogen-bond acceptors (Lipinski definition) is 3. The van der Waals surface area contributed by atoms with Gasteiger partial charge in [0.15, 0.2) is 0 Å². The van der Waals surface area contributed by atoms with Crippen LogP contribution in [0, 0.1) is 0 Å². The SMILES string of the molecule is CC1(C)CC(O)(C2(N)CC2)CC(C)(C)N1. The van der Waals surface area contributed by atoms with Gasteiger partial charge in [0.1, 0.15) is 0 Å². The van der Waals surface area contributed by atoms with Gasteiger partial charge in [-0.15, -0.1) is 0 Å². The highest BCUT2D eigenvalue weighted by Gasteiger charge is 2.61. The lowest BCUT2D eigenvalue weighted by molar-refractivity contribution is -0.0809. The first-order chi connectivity index (χ1) is 6.58. The van der Waals surface area contributed by atoms with E-state index in [1.54, 1.807) is 0 Å². The molecule has 3 nitrogen and oxygen atoms in total. The van der Waals surface area contributed by atoms with Gasteiger partial charge in [0.25, 0.3) is 0 Å². The zero-order chi connectivity index (χ0) is 11.5. The average Bonchev–Trinajstić information content (AvgIpc) is 2.59. The Balaban J connectivity index is 2.27. The lowest BCUT2D eigenvalue weighted by Gasteiger charge is -2.53. The molecular weight excluding hydrogens is 188 g/mol. The Morgan fingerprint density at radius 1 is 1.00 bits per heavy atom. The van der Waals surface area contributed by atoms with Gasteiger partial charge in [-0.1, -0.05) is 0 Å². The van der Waals surface area contributed by atoms with Gasteiger partial charge in [0, 0.05) is 16.6 Å². The Hall–Kier alpha value is -0.120. The van der Waals surface area contributed by atoms with Gasteiger partial charge in [-0.05, 0) is 53.4 Å². The van der Waals surface area contributed by atoms with Crippen LogP contribution in [0.5, 0.6) is 0 Å². The van der Waals surface area contributed by atoms with Crippen LogP contribution in [0.15, 0.2) is 0 Å². The second-order valence-corrected chi connectivity index (χ2v) is 6.93. The number of nitrogens with two attached hydrogens (primary N) is 1. The molecule has 0 aromatic heterocycles. The Kier molecular flexibility index (Phi) is 2.09. The lowest BCUT2D eigenvalue weighted by atomic mass is 9.69. The van der Waals surface area contributed by atoms with Crippen molar-refractivity contribution >= 4 is 0 Å². The lowest BCUT2D eigenvalue weighted by Crippen LogP contribution is -2.68. The Morgan fingerprint density at radius 2 is 1.40 bits per heavy atom. The Morgan fingerprint density at radius 3 is 1.73 bits per heavy atom. The summed E-state index contributed by atoms with van der Waals surface area (Å²) < 4.78 is 0. The second-order valence-electron chi connectivity index (χ2n) is 6.93.